The highest BCUT2D eigenvalue weighted by Gasteiger charge is 2.25. The van der Waals surface area contributed by atoms with Crippen LogP contribution >= 0.6 is 0 Å². The molecule has 0 saturated carbocycles. The highest BCUT2D eigenvalue weighted by Crippen LogP contribution is 2.27. The van der Waals surface area contributed by atoms with E-state index in [1.54, 1.807) is 45.2 Å². The van der Waals surface area contributed by atoms with Crippen molar-refractivity contribution in [2.75, 3.05) is 12.3 Å². The van der Waals surface area contributed by atoms with Crippen LogP contribution in [0.3, 0.4) is 0 Å². The summed E-state index contributed by atoms with van der Waals surface area (Å²) >= 11 is 0. The number of anilines is 1. The summed E-state index contributed by atoms with van der Waals surface area (Å²) in [6.07, 6.45) is 0.239. The maximum atomic E-state index is 11.4. The zero-order chi connectivity index (χ0) is 20.0. The van der Waals surface area contributed by atoms with E-state index in [9.17, 15) is 15.0 Å². The number of benzene rings is 1. The summed E-state index contributed by atoms with van der Waals surface area (Å²) in [6.45, 7) is 4.99. The molecule has 8 heteroatoms. The van der Waals surface area contributed by atoms with Crippen molar-refractivity contribution >= 4 is 11.7 Å². The number of carbonyl (C=O) groups is 1. The number of nitrogens with one attached hydrogen (secondary N) is 1. The van der Waals surface area contributed by atoms with Gasteiger partial charge in [0.05, 0.1) is 17.0 Å². The van der Waals surface area contributed by atoms with Crippen molar-refractivity contribution in [2.45, 2.75) is 38.8 Å². The molecule has 2 rings (SSSR count). The number of nitrogens with zero attached hydrogens (tertiary/aromatic N) is 1. The second-order valence-electron chi connectivity index (χ2n) is 6.92. The largest absolute Gasteiger partial charge is 0.489 e. The van der Waals surface area contributed by atoms with Gasteiger partial charge in [-0.1, -0.05) is 6.07 Å². The number of carboxylic acid groups (broad SMARTS) is 1. The minimum absolute atomic E-state index is 0.243. The number of carboxylic acids is 1. The minimum Gasteiger partial charge on any atom is -0.489 e. The monoisotopic (exact) mass is 375 g/mol. The van der Waals surface area contributed by atoms with E-state index in [2.05, 4.69) is 10.3 Å². The van der Waals surface area contributed by atoms with Crippen molar-refractivity contribution in [1.82, 2.24) is 10.3 Å². The van der Waals surface area contributed by atoms with Gasteiger partial charge < -0.3 is 25.4 Å². The Morgan fingerprint density at radius 2 is 2.04 bits per heavy atom. The summed E-state index contributed by atoms with van der Waals surface area (Å²) < 4.78 is 10.8. The average Bonchev–Trinajstić information content (AvgIpc) is 2.58. The van der Waals surface area contributed by atoms with E-state index in [-0.39, 0.29) is 6.61 Å². The lowest BCUT2D eigenvalue weighted by molar-refractivity contribution is -0.190. The van der Waals surface area contributed by atoms with Gasteiger partial charge in [0.25, 0.3) is 0 Å². The molecule has 2 aromatic rings. The standard InChI is InChI=1S/C19H25N3O5/c1-19(2,3)27-18(25)22-15(17(23)24)11-26-16-8-7-12(10-13(16)20)14-6-4-5-9-21-14/h4-10,15,18,22,25H,11,20H2,1-3H3,(H,23,24)/t15-,18?/m0/s1. The number of pyridine rings is 1. The quantitative estimate of drug-likeness (QED) is 0.407. The Balaban J connectivity index is 2.01. The first-order valence-electron chi connectivity index (χ1n) is 8.44. The van der Waals surface area contributed by atoms with Crippen molar-refractivity contribution in [3.63, 3.8) is 0 Å². The predicted octanol–water partition coefficient (Wildman–Crippen LogP) is 1.84. The van der Waals surface area contributed by atoms with Crippen LogP contribution < -0.4 is 15.8 Å². The fourth-order valence-electron chi connectivity index (χ4n) is 2.28. The van der Waals surface area contributed by atoms with Crippen LogP contribution in [-0.2, 0) is 9.53 Å². The molecule has 1 aromatic heterocycles. The fraction of sp³-hybridized carbons (Fsp3) is 0.368. The average molecular weight is 375 g/mol. The molecule has 8 nitrogen and oxygen atoms in total. The van der Waals surface area contributed by atoms with Gasteiger partial charge in [-0.3, -0.25) is 15.1 Å². The van der Waals surface area contributed by atoms with Crippen molar-refractivity contribution in [2.24, 2.45) is 0 Å². The van der Waals surface area contributed by atoms with Gasteiger partial charge in [0.2, 0.25) is 6.41 Å². The topological polar surface area (TPSA) is 127 Å². The van der Waals surface area contributed by atoms with Crippen LogP contribution in [0.1, 0.15) is 20.8 Å². The number of aliphatic hydroxyl groups is 1. The van der Waals surface area contributed by atoms with Crippen molar-refractivity contribution in [3.8, 4) is 17.0 Å². The molecule has 0 amide bonds. The van der Waals surface area contributed by atoms with Crippen molar-refractivity contribution < 1.29 is 24.5 Å². The third-order valence-electron chi connectivity index (χ3n) is 3.48. The molecular weight excluding hydrogens is 350 g/mol. The molecule has 2 atom stereocenters. The van der Waals surface area contributed by atoms with E-state index in [0.29, 0.717) is 11.4 Å². The number of nitrogen functional groups attached to an aromatic ring is 1. The zero-order valence-corrected chi connectivity index (χ0v) is 15.5. The molecule has 146 valence electrons. The number of aromatic nitrogens is 1. The smallest absolute Gasteiger partial charge is 0.324 e. The molecule has 1 heterocycles. The van der Waals surface area contributed by atoms with Gasteiger partial charge in [-0.25, -0.2) is 0 Å². The van der Waals surface area contributed by atoms with Gasteiger partial charge >= 0.3 is 5.97 Å². The molecule has 0 fully saturated rings. The third-order valence-corrected chi connectivity index (χ3v) is 3.48. The van der Waals surface area contributed by atoms with E-state index in [0.717, 1.165) is 11.3 Å². The first kappa shape index (κ1) is 20.6. The molecule has 0 saturated heterocycles. The van der Waals surface area contributed by atoms with E-state index in [4.69, 9.17) is 15.2 Å². The second kappa shape index (κ2) is 8.81. The van der Waals surface area contributed by atoms with Crippen LogP contribution in [-0.4, -0.2) is 45.8 Å². The SMILES string of the molecule is CC(C)(C)OC(O)N[C@@H](COc1ccc(-c2ccccn2)cc1N)C(=O)O. The van der Waals surface area contributed by atoms with E-state index < -0.39 is 24.0 Å². The number of hydrogen-bond donors (Lipinski definition) is 4. The number of ether oxygens (including phenoxy) is 2. The summed E-state index contributed by atoms with van der Waals surface area (Å²) in [5.41, 5.74) is 7.32. The molecule has 0 spiro atoms. The van der Waals surface area contributed by atoms with Gasteiger partial charge in [0.1, 0.15) is 18.4 Å². The number of nitrogens with two attached hydrogens (primary N) is 1. The molecule has 0 aliphatic rings. The molecular formula is C19H25N3O5. The Labute approximate surface area is 157 Å². The van der Waals surface area contributed by atoms with Crippen LogP contribution in [0.5, 0.6) is 5.75 Å². The Morgan fingerprint density at radius 3 is 2.59 bits per heavy atom. The van der Waals surface area contributed by atoms with Crippen LogP contribution in [0.15, 0.2) is 42.6 Å². The molecule has 0 radical (unpaired) electrons. The van der Waals surface area contributed by atoms with Gasteiger partial charge in [0.15, 0.2) is 0 Å². The molecule has 1 aromatic carbocycles. The third kappa shape index (κ3) is 6.52. The number of rotatable bonds is 8. The fourth-order valence-corrected chi connectivity index (χ4v) is 2.28. The molecule has 0 aliphatic heterocycles. The maximum Gasteiger partial charge on any atom is 0.324 e. The highest BCUT2D eigenvalue weighted by molar-refractivity contribution is 5.74. The van der Waals surface area contributed by atoms with Gasteiger partial charge in [-0.05, 0) is 51.1 Å². The number of hydrogen-bond acceptors (Lipinski definition) is 7. The molecule has 0 aliphatic carbocycles. The van der Waals surface area contributed by atoms with Gasteiger partial charge in [-0.2, -0.15) is 0 Å². The first-order chi connectivity index (χ1) is 12.7. The molecule has 1 unspecified atom stereocenters. The molecule has 27 heavy (non-hydrogen) atoms. The summed E-state index contributed by atoms with van der Waals surface area (Å²) in [7, 11) is 0. The summed E-state index contributed by atoms with van der Waals surface area (Å²) in [5.74, 6) is -0.843. The Morgan fingerprint density at radius 1 is 1.30 bits per heavy atom. The summed E-state index contributed by atoms with van der Waals surface area (Å²) in [4.78, 5) is 15.7. The first-order valence-corrected chi connectivity index (χ1v) is 8.44. The lowest BCUT2D eigenvalue weighted by Crippen LogP contribution is -2.49. The second-order valence-corrected chi connectivity index (χ2v) is 6.92. The van der Waals surface area contributed by atoms with Crippen LogP contribution in [0.25, 0.3) is 11.3 Å². The molecule has 5 N–H and O–H groups in total. The highest BCUT2D eigenvalue weighted by atomic mass is 16.6. The van der Waals surface area contributed by atoms with Crippen LogP contribution in [0.2, 0.25) is 0 Å². The van der Waals surface area contributed by atoms with E-state index in [1.807, 2.05) is 18.2 Å². The van der Waals surface area contributed by atoms with Crippen LogP contribution in [0, 0.1) is 0 Å². The van der Waals surface area contributed by atoms with Gasteiger partial charge in [-0.15, -0.1) is 0 Å². The Bertz CT molecular complexity index is 762. The Kier molecular flexibility index (Phi) is 6.73. The van der Waals surface area contributed by atoms with Crippen LogP contribution in [0.4, 0.5) is 5.69 Å². The molecule has 0 bridgehead atoms. The van der Waals surface area contributed by atoms with Crippen molar-refractivity contribution in [3.05, 3.63) is 42.6 Å². The lowest BCUT2D eigenvalue weighted by atomic mass is 10.1. The summed E-state index contributed by atoms with van der Waals surface area (Å²) in [5, 5.41) is 21.6. The van der Waals surface area contributed by atoms with Crippen molar-refractivity contribution in [1.29, 1.82) is 0 Å². The predicted molar refractivity (Wildman–Crippen MR) is 101 cm³/mol. The summed E-state index contributed by atoms with van der Waals surface area (Å²) in [6, 6.07) is 9.51. The number of aliphatic hydroxyl groups excluding tert-OH is 1. The Hall–Kier alpha value is -2.68. The normalized spacial score (nSPS) is 13.8. The van der Waals surface area contributed by atoms with E-state index >= 15 is 0 Å². The number of aliphatic carboxylic acids is 1. The zero-order valence-electron chi connectivity index (χ0n) is 15.5. The van der Waals surface area contributed by atoms with Gasteiger partial charge in [0, 0.05) is 11.8 Å². The lowest BCUT2D eigenvalue weighted by Gasteiger charge is -2.26. The van der Waals surface area contributed by atoms with E-state index in [1.165, 1.54) is 0 Å². The maximum absolute atomic E-state index is 11.4. The minimum atomic E-state index is -1.45.